The first-order chi connectivity index (χ1) is 12.0. The minimum Gasteiger partial charge on any atom is -0.348 e. The highest BCUT2D eigenvalue weighted by atomic mass is 32.2. The first-order valence-corrected chi connectivity index (χ1v) is 9.52. The minimum absolute atomic E-state index is 0.0590. The summed E-state index contributed by atoms with van der Waals surface area (Å²) >= 11 is 0. The smallest absolute Gasteiger partial charge is 0.262 e. The van der Waals surface area contributed by atoms with Crippen molar-refractivity contribution in [3.05, 3.63) is 47.7 Å². The molecule has 25 heavy (non-hydrogen) atoms. The molecule has 3 rings (SSSR count). The van der Waals surface area contributed by atoms with Crippen LogP contribution in [0.25, 0.3) is 17.3 Å². The summed E-state index contributed by atoms with van der Waals surface area (Å²) < 4.78 is 23.0. The van der Waals surface area contributed by atoms with Crippen molar-refractivity contribution in [2.75, 3.05) is 11.5 Å². The fraction of sp³-hybridized carbons (Fsp3) is 0.235. The van der Waals surface area contributed by atoms with Gasteiger partial charge in [0, 0.05) is 17.2 Å². The largest absolute Gasteiger partial charge is 0.348 e. The van der Waals surface area contributed by atoms with Gasteiger partial charge in [-0.1, -0.05) is 30.3 Å². The summed E-state index contributed by atoms with van der Waals surface area (Å²) in [6.45, 7) is 0. The second-order valence-corrected chi connectivity index (χ2v) is 8.04. The number of carbonyl (C=O) groups excluding carboxylic acids is 1. The number of aromatic nitrogens is 2. The van der Waals surface area contributed by atoms with Gasteiger partial charge in [0.1, 0.15) is 11.6 Å². The van der Waals surface area contributed by atoms with E-state index in [-0.39, 0.29) is 17.1 Å². The number of aromatic amines is 1. The van der Waals surface area contributed by atoms with Crippen molar-refractivity contribution in [2.45, 2.75) is 12.5 Å². The molecule has 1 aromatic heterocycles. The number of benzene rings is 1. The van der Waals surface area contributed by atoms with E-state index in [1.807, 2.05) is 36.4 Å². The molecule has 0 aliphatic carbocycles. The van der Waals surface area contributed by atoms with Crippen LogP contribution in [0, 0.1) is 11.3 Å². The molecule has 0 spiro atoms. The van der Waals surface area contributed by atoms with Gasteiger partial charge in [-0.15, -0.1) is 0 Å². The number of H-pyrrole nitrogens is 1. The Hall–Kier alpha value is -2.92. The van der Waals surface area contributed by atoms with Crippen molar-refractivity contribution >= 4 is 21.8 Å². The fourth-order valence-electron chi connectivity index (χ4n) is 2.72. The van der Waals surface area contributed by atoms with Gasteiger partial charge in [-0.2, -0.15) is 10.4 Å². The van der Waals surface area contributed by atoms with Crippen LogP contribution in [-0.4, -0.2) is 42.1 Å². The predicted molar refractivity (Wildman–Crippen MR) is 92.8 cm³/mol. The number of carbonyl (C=O) groups is 1. The summed E-state index contributed by atoms with van der Waals surface area (Å²) in [5.74, 6) is -0.605. The van der Waals surface area contributed by atoms with Crippen molar-refractivity contribution in [1.82, 2.24) is 15.5 Å². The summed E-state index contributed by atoms with van der Waals surface area (Å²) in [5, 5.41) is 18.8. The van der Waals surface area contributed by atoms with Crippen LogP contribution in [0.4, 0.5) is 0 Å². The zero-order chi connectivity index (χ0) is 17.9. The van der Waals surface area contributed by atoms with E-state index in [9.17, 15) is 18.5 Å². The van der Waals surface area contributed by atoms with E-state index < -0.39 is 21.8 Å². The van der Waals surface area contributed by atoms with Gasteiger partial charge in [-0.3, -0.25) is 9.89 Å². The van der Waals surface area contributed by atoms with E-state index in [1.165, 1.54) is 12.3 Å². The average Bonchev–Trinajstić information content (AvgIpc) is 3.19. The van der Waals surface area contributed by atoms with Gasteiger partial charge in [-0.25, -0.2) is 8.42 Å². The van der Waals surface area contributed by atoms with Crippen molar-refractivity contribution in [3.63, 3.8) is 0 Å². The van der Waals surface area contributed by atoms with E-state index in [0.717, 1.165) is 5.56 Å². The van der Waals surface area contributed by atoms with Crippen molar-refractivity contribution < 1.29 is 13.2 Å². The molecule has 0 unspecified atom stereocenters. The lowest BCUT2D eigenvalue weighted by Crippen LogP contribution is -2.36. The Morgan fingerprint density at radius 2 is 2.12 bits per heavy atom. The van der Waals surface area contributed by atoms with Crippen molar-refractivity contribution in [3.8, 4) is 17.3 Å². The number of hydrogen-bond donors (Lipinski definition) is 2. The van der Waals surface area contributed by atoms with E-state index >= 15 is 0 Å². The van der Waals surface area contributed by atoms with Crippen LogP contribution in [0.15, 0.2) is 42.1 Å². The van der Waals surface area contributed by atoms with Crippen LogP contribution in [0.5, 0.6) is 0 Å². The highest BCUT2D eigenvalue weighted by Crippen LogP contribution is 2.23. The molecule has 128 valence electrons. The Morgan fingerprint density at radius 1 is 1.36 bits per heavy atom. The van der Waals surface area contributed by atoms with Gasteiger partial charge in [0.2, 0.25) is 0 Å². The molecule has 2 heterocycles. The Bertz CT molecular complexity index is 955. The number of nitriles is 1. The molecule has 1 aliphatic rings. The molecule has 0 saturated carbocycles. The third-order valence-corrected chi connectivity index (χ3v) is 5.73. The summed E-state index contributed by atoms with van der Waals surface area (Å²) in [4.78, 5) is 12.3. The predicted octanol–water partition coefficient (Wildman–Crippen LogP) is 1.29. The summed E-state index contributed by atoms with van der Waals surface area (Å²) in [7, 11) is -3.10. The number of amides is 1. The average molecular weight is 356 g/mol. The number of rotatable bonds is 4. The Morgan fingerprint density at radius 3 is 2.76 bits per heavy atom. The van der Waals surface area contributed by atoms with Gasteiger partial charge in [0.15, 0.2) is 9.84 Å². The quantitative estimate of drug-likeness (QED) is 0.632. The topological polar surface area (TPSA) is 116 Å². The van der Waals surface area contributed by atoms with E-state index in [0.29, 0.717) is 17.7 Å². The number of hydrogen-bond acceptors (Lipinski definition) is 5. The van der Waals surface area contributed by atoms with Gasteiger partial charge in [0.25, 0.3) is 5.91 Å². The zero-order valence-corrected chi connectivity index (χ0v) is 14.1. The minimum atomic E-state index is -3.10. The summed E-state index contributed by atoms with van der Waals surface area (Å²) in [6, 6.07) is 10.8. The highest BCUT2D eigenvalue weighted by Gasteiger charge is 2.29. The monoisotopic (exact) mass is 356 g/mol. The van der Waals surface area contributed by atoms with Crippen LogP contribution in [-0.2, 0) is 14.6 Å². The Balaban J connectivity index is 1.81. The molecule has 1 saturated heterocycles. The molecule has 2 aromatic rings. The number of sulfone groups is 1. The molecule has 1 fully saturated rings. The maximum Gasteiger partial charge on any atom is 0.262 e. The SMILES string of the molecule is N#C/C(=C/c1cn[nH]c1-c1ccccc1)C(=O)N[C@@H]1CCS(=O)(=O)C1. The zero-order valence-electron chi connectivity index (χ0n) is 13.3. The third kappa shape index (κ3) is 3.95. The second-order valence-electron chi connectivity index (χ2n) is 5.81. The highest BCUT2D eigenvalue weighted by molar-refractivity contribution is 7.91. The van der Waals surface area contributed by atoms with Crippen molar-refractivity contribution in [1.29, 1.82) is 5.26 Å². The summed E-state index contributed by atoms with van der Waals surface area (Å²) in [6.07, 6.45) is 3.35. The molecule has 2 N–H and O–H groups in total. The number of nitrogens with zero attached hydrogens (tertiary/aromatic N) is 2. The molecule has 0 radical (unpaired) electrons. The van der Waals surface area contributed by atoms with E-state index in [4.69, 9.17) is 0 Å². The van der Waals surface area contributed by atoms with Gasteiger partial charge in [-0.05, 0) is 12.5 Å². The normalized spacial score (nSPS) is 19.3. The van der Waals surface area contributed by atoms with Crippen LogP contribution >= 0.6 is 0 Å². The Kier molecular flexibility index (Phi) is 4.67. The third-order valence-electron chi connectivity index (χ3n) is 3.96. The lowest BCUT2D eigenvalue weighted by atomic mass is 10.1. The molecular weight excluding hydrogens is 340 g/mol. The van der Waals surface area contributed by atoms with Crippen LogP contribution in [0.1, 0.15) is 12.0 Å². The van der Waals surface area contributed by atoms with Gasteiger partial charge < -0.3 is 5.32 Å². The second kappa shape index (κ2) is 6.91. The first kappa shape index (κ1) is 16.9. The number of nitrogens with one attached hydrogen (secondary N) is 2. The van der Waals surface area contributed by atoms with Crippen LogP contribution in [0.2, 0.25) is 0 Å². The fourth-order valence-corrected chi connectivity index (χ4v) is 4.39. The molecule has 0 bridgehead atoms. The Labute approximate surface area is 145 Å². The molecule has 1 aliphatic heterocycles. The molecule has 1 atom stereocenters. The molecule has 1 aromatic carbocycles. The molecule has 7 nitrogen and oxygen atoms in total. The lowest BCUT2D eigenvalue weighted by Gasteiger charge is -2.09. The first-order valence-electron chi connectivity index (χ1n) is 7.70. The maximum absolute atomic E-state index is 12.3. The van der Waals surface area contributed by atoms with Crippen LogP contribution in [0.3, 0.4) is 0 Å². The molecule has 8 heteroatoms. The van der Waals surface area contributed by atoms with E-state index in [2.05, 4.69) is 15.5 Å². The van der Waals surface area contributed by atoms with E-state index in [1.54, 1.807) is 0 Å². The van der Waals surface area contributed by atoms with Crippen LogP contribution < -0.4 is 5.32 Å². The van der Waals surface area contributed by atoms with Gasteiger partial charge in [0.05, 0.1) is 23.4 Å². The molecular formula is C17H16N4O3S. The summed E-state index contributed by atoms with van der Waals surface area (Å²) in [5.41, 5.74) is 2.09. The maximum atomic E-state index is 12.3. The van der Waals surface area contributed by atoms with Crippen molar-refractivity contribution in [2.24, 2.45) is 0 Å². The standard InChI is InChI=1S/C17H16N4O3S/c18-9-13(17(22)20-15-6-7-25(23,24)11-15)8-14-10-19-21-16(14)12-4-2-1-3-5-12/h1-5,8,10,15H,6-7,11H2,(H,19,21)(H,20,22)/b13-8-/t15-/m1/s1. The molecule has 1 amide bonds. The lowest BCUT2D eigenvalue weighted by molar-refractivity contribution is -0.117. The van der Waals surface area contributed by atoms with Gasteiger partial charge >= 0.3 is 0 Å².